The van der Waals surface area contributed by atoms with E-state index in [0.29, 0.717) is 11.3 Å². The second kappa shape index (κ2) is 5.48. The Morgan fingerprint density at radius 1 is 1.21 bits per heavy atom. The molecule has 1 amide bonds. The number of rotatable bonds is 3. The number of hydrogen-bond donors (Lipinski definition) is 1. The highest BCUT2D eigenvalue weighted by Gasteiger charge is 2.10. The van der Waals surface area contributed by atoms with E-state index in [9.17, 15) is 4.79 Å². The quantitative estimate of drug-likeness (QED) is 0.913. The van der Waals surface area contributed by atoms with Crippen LogP contribution in [0.3, 0.4) is 0 Å². The number of aromatic nitrogens is 2. The molecule has 2 aromatic rings. The second-order valence-corrected chi connectivity index (χ2v) is 4.41. The number of nitrogens with one attached hydrogen (secondary N) is 1. The number of pyridine rings is 2. The van der Waals surface area contributed by atoms with Crippen LogP contribution in [0, 0.1) is 6.92 Å². The maximum Gasteiger partial charge on any atom is 0.257 e. The third kappa shape index (κ3) is 3.07. The van der Waals surface area contributed by atoms with Gasteiger partial charge in [0.25, 0.3) is 5.91 Å². The summed E-state index contributed by atoms with van der Waals surface area (Å²) in [6.45, 7) is 1.88. The standard InChI is InChI=1S/C14H16N4O/c1-10-6-7-11(9-16-10)14(19)17-12-5-4-8-15-13(12)18(2)3/h4-9H,1-3H3,(H,17,19). The van der Waals surface area contributed by atoms with E-state index in [1.54, 1.807) is 24.5 Å². The van der Waals surface area contributed by atoms with Crippen molar-refractivity contribution in [3.05, 3.63) is 47.9 Å². The van der Waals surface area contributed by atoms with E-state index in [1.807, 2.05) is 38.1 Å². The molecule has 0 fully saturated rings. The van der Waals surface area contributed by atoms with Crippen molar-refractivity contribution in [1.82, 2.24) is 9.97 Å². The maximum absolute atomic E-state index is 12.1. The largest absolute Gasteiger partial charge is 0.361 e. The van der Waals surface area contributed by atoms with Crippen LogP contribution in [0.1, 0.15) is 16.1 Å². The summed E-state index contributed by atoms with van der Waals surface area (Å²) in [6, 6.07) is 7.17. The first-order valence-corrected chi connectivity index (χ1v) is 5.94. The summed E-state index contributed by atoms with van der Waals surface area (Å²) in [5.41, 5.74) is 2.09. The van der Waals surface area contributed by atoms with Gasteiger partial charge in [0.15, 0.2) is 5.82 Å². The van der Waals surface area contributed by atoms with E-state index in [4.69, 9.17) is 0 Å². The highest BCUT2D eigenvalue weighted by Crippen LogP contribution is 2.20. The Morgan fingerprint density at radius 3 is 2.63 bits per heavy atom. The topological polar surface area (TPSA) is 58.1 Å². The molecule has 2 rings (SSSR count). The summed E-state index contributed by atoms with van der Waals surface area (Å²) in [5.74, 6) is 0.527. The van der Waals surface area contributed by atoms with Gasteiger partial charge >= 0.3 is 0 Å². The van der Waals surface area contributed by atoms with E-state index in [0.717, 1.165) is 11.5 Å². The highest BCUT2D eigenvalue weighted by molar-refractivity contribution is 6.05. The summed E-state index contributed by atoms with van der Waals surface area (Å²) >= 11 is 0. The lowest BCUT2D eigenvalue weighted by Crippen LogP contribution is -2.17. The van der Waals surface area contributed by atoms with Crippen LogP contribution in [-0.4, -0.2) is 30.0 Å². The first kappa shape index (κ1) is 13.0. The summed E-state index contributed by atoms with van der Waals surface area (Å²) in [4.78, 5) is 22.3. The molecule has 19 heavy (non-hydrogen) atoms. The van der Waals surface area contributed by atoms with Gasteiger partial charge in [-0.15, -0.1) is 0 Å². The van der Waals surface area contributed by atoms with Gasteiger partial charge in [0.2, 0.25) is 0 Å². The Balaban J connectivity index is 2.22. The van der Waals surface area contributed by atoms with Gasteiger partial charge in [0, 0.05) is 32.2 Å². The molecule has 0 spiro atoms. The summed E-state index contributed by atoms with van der Waals surface area (Å²) in [6.07, 6.45) is 3.26. The monoisotopic (exact) mass is 256 g/mol. The van der Waals surface area contributed by atoms with E-state index < -0.39 is 0 Å². The molecule has 5 heteroatoms. The van der Waals surface area contributed by atoms with Gasteiger partial charge in [-0.3, -0.25) is 9.78 Å². The number of carbonyl (C=O) groups is 1. The van der Waals surface area contributed by atoms with Crippen molar-refractivity contribution in [2.75, 3.05) is 24.3 Å². The molecule has 0 aliphatic carbocycles. The van der Waals surface area contributed by atoms with Crippen molar-refractivity contribution in [1.29, 1.82) is 0 Å². The molecule has 0 saturated heterocycles. The number of anilines is 2. The van der Waals surface area contributed by atoms with Crippen LogP contribution in [0.2, 0.25) is 0 Å². The van der Waals surface area contributed by atoms with Crippen molar-refractivity contribution >= 4 is 17.4 Å². The fourth-order valence-corrected chi connectivity index (χ4v) is 1.65. The lowest BCUT2D eigenvalue weighted by Gasteiger charge is -2.16. The van der Waals surface area contributed by atoms with Gasteiger partial charge < -0.3 is 10.2 Å². The van der Waals surface area contributed by atoms with Gasteiger partial charge in [-0.1, -0.05) is 0 Å². The fraction of sp³-hybridized carbons (Fsp3) is 0.214. The van der Waals surface area contributed by atoms with Crippen molar-refractivity contribution in [2.24, 2.45) is 0 Å². The predicted molar refractivity (Wildman–Crippen MR) is 75.5 cm³/mol. The number of nitrogens with zero attached hydrogens (tertiary/aromatic N) is 3. The van der Waals surface area contributed by atoms with Crippen molar-refractivity contribution in [3.8, 4) is 0 Å². The Bertz CT molecular complexity index is 578. The molecule has 98 valence electrons. The first-order valence-electron chi connectivity index (χ1n) is 5.94. The van der Waals surface area contributed by atoms with Crippen LogP contribution in [0.4, 0.5) is 11.5 Å². The molecule has 0 aliphatic rings. The third-order valence-corrected chi connectivity index (χ3v) is 2.63. The molecule has 0 radical (unpaired) electrons. The molecule has 0 saturated carbocycles. The van der Waals surface area contributed by atoms with E-state index >= 15 is 0 Å². The molecule has 0 atom stereocenters. The molecule has 2 heterocycles. The van der Waals surface area contributed by atoms with Crippen LogP contribution >= 0.6 is 0 Å². The minimum atomic E-state index is -0.191. The Morgan fingerprint density at radius 2 is 2.00 bits per heavy atom. The Labute approximate surface area is 112 Å². The summed E-state index contributed by atoms with van der Waals surface area (Å²) in [7, 11) is 3.76. The van der Waals surface area contributed by atoms with Crippen LogP contribution in [-0.2, 0) is 0 Å². The fourth-order valence-electron chi connectivity index (χ4n) is 1.65. The molecule has 0 aliphatic heterocycles. The minimum absolute atomic E-state index is 0.191. The van der Waals surface area contributed by atoms with Crippen LogP contribution in [0.15, 0.2) is 36.7 Å². The van der Waals surface area contributed by atoms with Crippen molar-refractivity contribution < 1.29 is 4.79 Å². The van der Waals surface area contributed by atoms with Gasteiger partial charge in [-0.25, -0.2) is 4.98 Å². The zero-order chi connectivity index (χ0) is 13.8. The Kier molecular flexibility index (Phi) is 3.75. The SMILES string of the molecule is Cc1ccc(C(=O)Nc2cccnc2N(C)C)cn1. The van der Waals surface area contributed by atoms with E-state index in [1.165, 1.54) is 0 Å². The van der Waals surface area contributed by atoms with Crippen LogP contribution in [0.5, 0.6) is 0 Å². The van der Waals surface area contributed by atoms with Crippen LogP contribution < -0.4 is 10.2 Å². The molecular weight excluding hydrogens is 240 g/mol. The summed E-state index contributed by atoms with van der Waals surface area (Å²) in [5, 5.41) is 2.84. The minimum Gasteiger partial charge on any atom is -0.361 e. The number of aryl methyl sites for hydroxylation is 1. The molecule has 0 bridgehead atoms. The van der Waals surface area contributed by atoms with Crippen molar-refractivity contribution in [2.45, 2.75) is 6.92 Å². The molecule has 0 aromatic carbocycles. The van der Waals surface area contributed by atoms with Crippen molar-refractivity contribution in [3.63, 3.8) is 0 Å². The lowest BCUT2D eigenvalue weighted by molar-refractivity contribution is 0.102. The molecule has 0 unspecified atom stereocenters. The van der Waals surface area contributed by atoms with Gasteiger partial charge in [-0.05, 0) is 31.2 Å². The normalized spacial score (nSPS) is 10.1. The second-order valence-electron chi connectivity index (χ2n) is 4.41. The van der Waals surface area contributed by atoms with Gasteiger partial charge in [-0.2, -0.15) is 0 Å². The average molecular weight is 256 g/mol. The highest BCUT2D eigenvalue weighted by atomic mass is 16.1. The maximum atomic E-state index is 12.1. The number of hydrogen-bond acceptors (Lipinski definition) is 4. The van der Waals surface area contributed by atoms with Crippen LogP contribution in [0.25, 0.3) is 0 Å². The first-order chi connectivity index (χ1) is 9.08. The predicted octanol–water partition coefficient (Wildman–Crippen LogP) is 2.10. The zero-order valence-electron chi connectivity index (χ0n) is 11.2. The van der Waals surface area contributed by atoms with Gasteiger partial charge in [0.1, 0.15) is 0 Å². The Hall–Kier alpha value is -2.43. The third-order valence-electron chi connectivity index (χ3n) is 2.63. The summed E-state index contributed by atoms with van der Waals surface area (Å²) < 4.78 is 0. The molecule has 5 nitrogen and oxygen atoms in total. The molecular formula is C14H16N4O. The number of carbonyl (C=O) groups excluding carboxylic acids is 1. The molecule has 1 N–H and O–H groups in total. The molecule has 2 aromatic heterocycles. The van der Waals surface area contributed by atoms with E-state index in [2.05, 4.69) is 15.3 Å². The van der Waals surface area contributed by atoms with Gasteiger partial charge in [0.05, 0.1) is 11.3 Å². The number of amides is 1. The average Bonchev–Trinajstić information content (AvgIpc) is 2.39. The zero-order valence-corrected chi connectivity index (χ0v) is 11.2. The smallest absolute Gasteiger partial charge is 0.257 e. The van der Waals surface area contributed by atoms with E-state index in [-0.39, 0.29) is 5.91 Å². The lowest BCUT2D eigenvalue weighted by atomic mass is 10.2.